The number of amides is 2. The number of fused-ring (bicyclic) bond motifs is 1. The number of aromatic nitrogens is 2. The molecular weight excluding hydrogens is 473 g/mol. The topological polar surface area (TPSA) is 96.3 Å². The summed E-state index contributed by atoms with van der Waals surface area (Å²) in [5.41, 5.74) is 1.18. The molecule has 0 spiro atoms. The van der Waals surface area contributed by atoms with Crippen molar-refractivity contribution in [3.05, 3.63) is 65.6 Å². The number of carbonyl (C=O) groups is 3. The van der Waals surface area contributed by atoms with Gasteiger partial charge in [-0.1, -0.05) is 51.1 Å². The molecule has 9 heteroatoms. The minimum absolute atomic E-state index is 0.0558. The van der Waals surface area contributed by atoms with Gasteiger partial charge in [0.05, 0.1) is 25.2 Å². The highest BCUT2D eigenvalue weighted by Crippen LogP contribution is 2.23. The van der Waals surface area contributed by atoms with E-state index in [1.165, 1.54) is 12.1 Å². The van der Waals surface area contributed by atoms with Gasteiger partial charge in [-0.15, -0.1) is 0 Å². The summed E-state index contributed by atoms with van der Waals surface area (Å²) in [5.74, 6) is -1.27. The Labute approximate surface area is 216 Å². The van der Waals surface area contributed by atoms with Crippen LogP contribution in [0.4, 0.5) is 4.39 Å². The van der Waals surface area contributed by atoms with E-state index in [4.69, 9.17) is 0 Å². The normalized spacial score (nSPS) is 15.0. The maximum atomic E-state index is 13.4. The molecule has 3 aromatic rings. The van der Waals surface area contributed by atoms with Crippen molar-refractivity contribution in [3.63, 3.8) is 0 Å². The van der Waals surface area contributed by atoms with Crippen molar-refractivity contribution in [1.29, 1.82) is 0 Å². The summed E-state index contributed by atoms with van der Waals surface area (Å²) < 4.78 is 15.0. The van der Waals surface area contributed by atoms with Crippen molar-refractivity contribution in [3.8, 4) is 0 Å². The lowest BCUT2D eigenvalue weighted by atomic mass is 9.86. The Morgan fingerprint density at radius 2 is 1.70 bits per heavy atom. The zero-order valence-electron chi connectivity index (χ0n) is 21.6. The molecular formula is C28H34FN5O3. The van der Waals surface area contributed by atoms with Crippen LogP contribution in [0, 0.1) is 11.2 Å². The van der Waals surface area contributed by atoms with Gasteiger partial charge in [0, 0.05) is 5.39 Å². The molecule has 1 saturated heterocycles. The van der Waals surface area contributed by atoms with Crippen molar-refractivity contribution in [2.24, 2.45) is 5.41 Å². The molecule has 2 N–H and O–H groups in total. The van der Waals surface area contributed by atoms with Crippen molar-refractivity contribution in [2.45, 2.75) is 46.2 Å². The zero-order chi connectivity index (χ0) is 26.6. The van der Waals surface area contributed by atoms with Crippen molar-refractivity contribution < 1.29 is 18.8 Å². The van der Waals surface area contributed by atoms with Gasteiger partial charge in [0.15, 0.2) is 11.5 Å². The average Bonchev–Trinajstić information content (AvgIpc) is 3.50. The van der Waals surface area contributed by atoms with Crippen LogP contribution < -0.4 is 10.6 Å². The van der Waals surface area contributed by atoms with Crippen molar-refractivity contribution >= 4 is 28.5 Å². The van der Waals surface area contributed by atoms with Crippen LogP contribution in [0.25, 0.3) is 10.9 Å². The highest BCUT2D eigenvalue weighted by molar-refractivity contribution is 6.06. The minimum Gasteiger partial charge on any atom is -0.347 e. The fraction of sp³-hybridized carbons (Fsp3) is 0.429. The number of nitrogens with one attached hydrogen (secondary N) is 2. The standard InChI is InChI=1S/C28H34FN5O3/c1-28(2,3)25(27(37)30-16-21(35)18-33-14-6-7-15-33)31-26(36)24-22-8-4-5-9-23(22)34(32-24)17-19-10-12-20(29)13-11-19/h4-5,8-13,25H,6-7,14-18H2,1-3H3,(H,30,37)(H,31,36)/t25-/m1/s1. The van der Waals surface area contributed by atoms with Crippen LogP contribution in [0.5, 0.6) is 0 Å². The fourth-order valence-electron chi connectivity index (χ4n) is 4.59. The number of halogens is 1. The molecule has 0 unspecified atom stereocenters. The van der Waals surface area contributed by atoms with E-state index in [0.29, 0.717) is 18.5 Å². The lowest BCUT2D eigenvalue weighted by Crippen LogP contribution is -2.54. The molecule has 4 rings (SSSR count). The van der Waals surface area contributed by atoms with Gasteiger partial charge in [-0.25, -0.2) is 4.39 Å². The maximum Gasteiger partial charge on any atom is 0.273 e. The Balaban J connectivity index is 1.49. The number of rotatable bonds is 9. The summed E-state index contributed by atoms with van der Waals surface area (Å²) in [6, 6.07) is 12.6. The first-order chi connectivity index (χ1) is 17.6. The van der Waals surface area contributed by atoms with Gasteiger partial charge in [0.1, 0.15) is 11.9 Å². The predicted octanol–water partition coefficient (Wildman–Crippen LogP) is 3.15. The first-order valence-electron chi connectivity index (χ1n) is 12.6. The van der Waals surface area contributed by atoms with E-state index >= 15 is 0 Å². The molecule has 37 heavy (non-hydrogen) atoms. The molecule has 0 aliphatic carbocycles. The monoisotopic (exact) mass is 507 g/mol. The van der Waals surface area contributed by atoms with Gasteiger partial charge in [-0.2, -0.15) is 5.10 Å². The number of carbonyl (C=O) groups excluding carboxylic acids is 3. The third kappa shape index (κ3) is 6.60. The van der Waals surface area contributed by atoms with Gasteiger partial charge >= 0.3 is 0 Å². The number of hydrogen-bond donors (Lipinski definition) is 2. The summed E-state index contributed by atoms with van der Waals surface area (Å²) >= 11 is 0. The predicted molar refractivity (Wildman–Crippen MR) is 140 cm³/mol. The van der Waals surface area contributed by atoms with E-state index in [-0.39, 0.29) is 23.8 Å². The van der Waals surface area contributed by atoms with Crippen LogP contribution in [-0.2, 0) is 16.1 Å². The van der Waals surface area contributed by atoms with E-state index in [9.17, 15) is 18.8 Å². The lowest BCUT2D eigenvalue weighted by Gasteiger charge is -2.30. The Kier molecular flexibility index (Phi) is 8.02. The Morgan fingerprint density at radius 3 is 2.38 bits per heavy atom. The second kappa shape index (κ2) is 11.2. The number of benzene rings is 2. The van der Waals surface area contributed by atoms with Crippen molar-refractivity contribution in [2.75, 3.05) is 26.2 Å². The lowest BCUT2D eigenvalue weighted by molar-refractivity contribution is -0.128. The van der Waals surface area contributed by atoms with E-state index in [0.717, 1.165) is 37.0 Å². The molecule has 196 valence electrons. The Bertz CT molecular complexity index is 1270. The SMILES string of the molecule is CC(C)(C)[C@H](NC(=O)c1nn(Cc2ccc(F)cc2)c2ccccc12)C(=O)NCC(=O)CN1CCCC1. The minimum atomic E-state index is -0.874. The van der Waals surface area contributed by atoms with Gasteiger partial charge in [-0.3, -0.25) is 24.0 Å². The van der Waals surface area contributed by atoms with E-state index in [2.05, 4.69) is 20.6 Å². The number of ketones is 1. The van der Waals surface area contributed by atoms with Crippen LogP contribution in [0.2, 0.25) is 0 Å². The Hall–Kier alpha value is -3.59. The molecule has 1 aliphatic rings. The molecule has 8 nitrogen and oxygen atoms in total. The van der Waals surface area contributed by atoms with Gasteiger partial charge in [0.25, 0.3) is 5.91 Å². The summed E-state index contributed by atoms with van der Waals surface area (Å²) in [5, 5.41) is 10.8. The largest absolute Gasteiger partial charge is 0.347 e. The summed E-state index contributed by atoms with van der Waals surface area (Å²) in [6.45, 7) is 7.98. The zero-order valence-corrected chi connectivity index (χ0v) is 21.6. The highest BCUT2D eigenvalue weighted by Gasteiger charge is 2.34. The quantitative estimate of drug-likeness (QED) is 0.464. The van der Waals surface area contributed by atoms with Crippen LogP contribution in [0.3, 0.4) is 0 Å². The van der Waals surface area contributed by atoms with E-state index < -0.39 is 23.3 Å². The van der Waals surface area contributed by atoms with Crippen molar-refractivity contribution in [1.82, 2.24) is 25.3 Å². The van der Waals surface area contributed by atoms with Crippen LogP contribution in [0.1, 0.15) is 49.7 Å². The van der Waals surface area contributed by atoms with Gasteiger partial charge in [0.2, 0.25) is 5.91 Å². The third-order valence-electron chi connectivity index (χ3n) is 6.58. The molecule has 1 fully saturated rings. The molecule has 0 saturated carbocycles. The first-order valence-corrected chi connectivity index (χ1v) is 12.6. The average molecular weight is 508 g/mol. The molecule has 1 aliphatic heterocycles. The fourth-order valence-corrected chi connectivity index (χ4v) is 4.59. The van der Waals surface area contributed by atoms with Gasteiger partial charge in [-0.05, 0) is 55.1 Å². The number of likely N-dealkylation sites (tertiary alicyclic amines) is 1. The molecule has 2 aromatic carbocycles. The van der Waals surface area contributed by atoms with Crippen LogP contribution in [-0.4, -0.2) is 64.5 Å². The second-order valence-electron chi connectivity index (χ2n) is 10.7. The van der Waals surface area contributed by atoms with E-state index in [1.807, 2.05) is 45.0 Å². The number of Topliss-reactive ketones (excluding diaryl/α,β-unsaturated/α-hetero) is 1. The first kappa shape index (κ1) is 26.5. The number of hydrogen-bond acceptors (Lipinski definition) is 5. The van der Waals surface area contributed by atoms with Crippen LogP contribution in [0.15, 0.2) is 48.5 Å². The van der Waals surface area contributed by atoms with Crippen LogP contribution >= 0.6 is 0 Å². The second-order valence-corrected chi connectivity index (χ2v) is 10.7. The highest BCUT2D eigenvalue weighted by atomic mass is 19.1. The summed E-state index contributed by atoms with van der Waals surface area (Å²) in [7, 11) is 0. The molecule has 0 bridgehead atoms. The molecule has 1 atom stereocenters. The third-order valence-corrected chi connectivity index (χ3v) is 6.58. The summed E-state index contributed by atoms with van der Waals surface area (Å²) in [4.78, 5) is 40.9. The smallest absolute Gasteiger partial charge is 0.273 e. The number of nitrogens with zero attached hydrogens (tertiary/aromatic N) is 3. The van der Waals surface area contributed by atoms with Gasteiger partial charge < -0.3 is 10.6 Å². The maximum absolute atomic E-state index is 13.4. The molecule has 2 heterocycles. The molecule has 1 aromatic heterocycles. The summed E-state index contributed by atoms with van der Waals surface area (Å²) in [6.07, 6.45) is 2.18. The Morgan fingerprint density at radius 1 is 1.03 bits per heavy atom. The molecule has 0 radical (unpaired) electrons. The number of para-hydroxylation sites is 1. The van der Waals surface area contributed by atoms with E-state index in [1.54, 1.807) is 16.8 Å². The molecule has 2 amide bonds.